The van der Waals surface area contributed by atoms with Crippen LogP contribution in [0.25, 0.3) is 0 Å². The van der Waals surface area contributed by atoms with Crippen molar-refractivity contribution < 1.29 is 19.0 Å². The second kappa shape index (κ2) is 8.60. The van der Waals surface area contributed by atoms with Gasteiger partial charge in [-0.05, 0) is 44.2 Å². The van der Waals surface area contributed by atoms with Crippen LogP contribution < -0.4 is 4.74 Å². The highest BCUT2D eigenvalue weighted by molar-refractivity contribution is 7.99. The van der Waals surface area contributed by atoms with Gasteiger partial charge in [0.25, 0.3) is 0 Å². The second-order valence-electron chi connectivity index (χ2n) is 5.37. The molecule has 1 unspecified atom stereocenters. The van der Waals surface area contributed by atoms with Crippen molar-refractivity contribution in [3.63, 3.8) is 0 Å². The van der Waals surface area contributed by atoms with Crippen LogP contribution in [0.4, 0.5) is 4.39 Å². The maximum absolute atomic E-state index is 12.8. The van der Waals surface area contributed by atoms with Gasteiger partial charge in [-0.25, -0.2) is 9.37 Å². The molecule has 0 fully saturated rings. The van der Waals surface area contributed by atoms with E-state index in [2.05, 4.69) is 4.98 Å². The molecular weight excluding hydrogens is 343 g/mol. The lowest BCUT2D eigenvalue weighted by Gasteiger charge is -2.13. The smallest absolute Gasteiger partial charge is 0.161 e. The van der Waals surface area contributed by atoms with Crippen LogP contribution in [-0.4, -0.2) is 34.3 Å². The van der Waals surface area contributed by atoms with Crippen molar-refractivity contribution >= 4 is 17.5 Å². The van der Waals surface area contributed by atoms with Crippen LogP contribution in [0.2, 0.25) is 0 Å². The van der Waals surface area contributed by atoms with Gasteiger partial charge in [0.15, 0.2) is 5.78 Å². The Morgan fingerprint density at radius 3 is 2.72 bits per heavy atom. The van der Waals surface area contributed by atoms with E-state index >= 15 is 0 Å². The van der Waals surface area contributed by atoms with E-state index in [1.807, 2.05) is 6.07 Å². The predicted molar refractivity (Wildman–Crippen MR) is 92.3 cm³/mol. The summed E-state index contributed by atoms with van der Waals surface area (Å²) in [5.74, 6) is 0.221. The number of ketones is 1. The zero-order valence-corrected chi connectivity index (χ0v) is 14.6. The first-order valence-electron chi connectivity index (χ1n) is 7.52. The van der Waals surface area contributed by atoms with Gasteiger partial charge in [-0.15, -0.1) is 11.8 Å². The first kappa shape index (κ1) is 18.9. The minimum Gasteiger partial charge on any atom is -0.491 e. The molecule has 0 aliphatic rings. The fourth-order valence-electron chi connectivity index (χ4n) is 2.08. The number of hydrogen-bond donors (Lipinski definition) is 1. The maximum atomic E-state index is 12.8. The summed E-state index contributed by atoms with van der Waals surface area (Å²) in [4.78, 5) is 15.8. The molecule has 0 aliphatic carbocycles. The molecule has 130 valence electrons. The Labute approximate surface area is 149 Å². The SMILES string of the molecule is CC(=O)c1cc(C#N)c(SCC(O)COc2ccc(F)cc2)nc1C. The van der Waals surface area contributed by atoms with Gasteiger partial charge in [0.05, 0.1) is 11.7 Å². The fourth-order valence-corrected chi connectivity index (χ4v) is 2.98. The Kier molecular flexibility index (Phi) is 6.51. The van der Waals surface area contributed by atoms with Crippen LogP contribution in [0.5, 0.6) is 5.75 Å². The summed E-state index contributed by atoms with van der Waals surface area (Å²) < 4.78 is 18.2. The van der Waals surface area contributed by atoms with Crippen LogP contribution in [0.1, 0.15) is 28.5 Å². The van der Waals surface area contributed by atoms with Crippen LogP contribution in [0, 0.1) is 24.1 Å². The van der Waals surface area contributed by atoms with Crippen LogP contribution >= 0.6 is 11.8 Å². The van der Waals surface area contributed by atoms with E-state index in [4.69, 9.17) is 4.74 Å². The summed E-state index contributed by atoms with van der Waals surface area (Å²) in [5, 5.41) is 19.7. The third kappa shape index (κ3) is 5.28. The zero-order valence-electron chi connectivity index (χ0n) is 13.8. The van der Waals surface area contributed by atoms with Gasteiger partial charge >= 0.3 is 0 Å². The van der Waals surface area contributed by atoms with Gasteiger partial charge in [0, 0.05) is 17.0 Å². The van der Waals surface area contributed by atoms with Crippen molar-refractivity contribution in [1.29, 1.82) is 5.26 Å². The van der Waals surface area contributed by atoms with Crippen molar-refractivity contribution in [2.24, 2.45) is 0 Å². The van der Waals surface area contributed by atoms with Crippen molar-refractivity contribution in [3.05, 3.63) is 53.0 Å². The van der Waals surface area contributed by atoms with E-state index < -0.39 is 6.10 Å². The Bertz CT molecular complexity index is 803. The monoisotopic (exact) mass is 360 g/mol. The maximum Gasteiger partial charge on any atom is 0.161 e. The van der Waals surface area contributed by atoms with E-state index in [1.165, 1.54) is 49.0 Å². The summed E-state index contributed by atoms with van der Waals surface area (Å²) in [7, 11) is 0. The van der Waals surface area contributed by atoms with Crippen molar-refractivity contribution in [3.8, 4) is 11.8 Å². The van der Waals surface area contributed by atoms with Gasteiger partial charge < -0.3 is 9.84 Å². The average Bonchev–Trinajstić information content (AvgIpc) is 2.59. The number of ether oxygens (including phenoxy) is 1. The molecule has 2 aromatic rings. The molecule has 7 heteroatoms. The molecule has 5 nitrogen and oxygen atoms in total. The highest BCUT2D eigenvalue weighted by Gasteiger charge is 2.14. The van der Waals surface area contributed by atoms with Gasteiger partial charge in [0.1, 0.15) is 29.3 Å². The molecule has 0 saturated heterocycles. The second-order valence-corrected chi connectivity index (χ2v) is 6.38. The standard InChI is InChI=1S/C18H17FN2O3S/c1-11-17(12(2)22)7-13(8-20)18(21-11)25-10-15(23)9-24-16-5-3-14(19)4-6-16/h3-7,15,23H,9-10H2,1-2H3. The lowest BCUT2D eigenvalue weighted by atomic mass is 10.1. The van der Waals surface area contributed by atoms with E-state index in [0.29, 0.717) is 27.6 Å². The number of benzene rings is 1. The molecule has 1 aromatic carbocycles. The minimum atomic E-state index is -0.795. The number of carbonyl (C=O) groups is 1. The Morgan fingerprint density at radius 1 is 1.44 bits per heavy atom. The highest BCUT2D eigenvalue weighted by atomic mass is 32.2. The number of pyridine rings is 1. The number of aliphatic hydroxyl groups excluding tert-OH is 1. The molecule has 1 aromatic heterocycles. The Hall–Kier alpha value is -2.43. The topological polar surface area (TPSA) is 83.2 Å². The van der Waals surface area contributed by atoms with E-state index in [9.17, 15) is 19.6 Å². The largest absolute Gasteiger partial charge is 0.491 e. The third-order valence-electron chi connectivity index (χ3n) is 3.35. The van der Waals surface area contributed by atoms with E-state index in [-0.39, 0.29) is 24.0 Å². The van der Waals surface area contributed by atoms with Crippen LogP contribution in [0.15, 0.2) is 35.4 Å². The number of aromatic nitrogens is 1. The molecule has 1 atom stereocenters. The first-order valence-corrected chi connectivity index (χ1v) is 8.51. The summed E-state index contributed by atoms with van der Waals surface area (Å²) >= 11 is 1.22. The summed E-state index contributed by atoms with van der Waals surface area (Å²) in [5.41, 5.74) is 1.26. The molecule has 0 radical (unpaired) electrons. The van der Waals surface area contributed by atoms with Crippen LogP contribution in [0.3, 0.4) is 0 Å². The summed E-state index contributed by atoms with van der Waals surface area (Å²) in [6, 6.07) is 9.06. The lowest BCUT2D eigenvalue weighted by Crippen LogP contribution is -2.20. The number of carbonyl (C=O) groups excluding carboxylic acids is 1. The number of Topliss-reactive ketones (excluding diaryl/α,β-unsaturated/α-hetero) is 1. The number of hydrogen-bond acceptors (Lipinski definition) is 6. The molecule has 0 aliphatic heterocycles. The fraction of sp³-hybridized carbons (Fsp3) is 0.278. The number of nitriles is 1. The van der Waals surface area contributed by atoms with E-state index in [1.54, 1.807) is 6.92 Å². The quantitative estimate of drug-likeness (QED) is 0.603. The number of nitrogens with zero attached hydrogens (tertiary/aromatic N) is 2. The highest BCUT2D eigenvalue weighted by Crippen LogP contribution is 2.24. The number of aliphatic hydroxyl groups is 1. The number of aryl methyl sites for hydroxylation is 1. The normalized spacial score (nSPS) is 11.6. The number of rotatable bonds is 7. The van der Waals surface area contributed by atoms with Crippen molar-refractivity contribution in [2.75, 3.05) is 12.4 Å². The number of thioether (sulfide) groups is 1. The van der Waals surface area contributed by atoms with Gasteiger partial charge in [-0.1, -0.05) is 0 Å². The zero-order chi connectivity index (χ0) is 18.4. The van der Waals surface area contributed by atoms with Crippen LogP contribution in [-0.2, 0) is 0 Å². The number of halogens is 1. The molecule has 0 spiro atoms. The Balaban J connectivity index is 1.96. The molecule has 0 bridgehead atoms. The average molecular weight is 360 g/mol. The van der Waals surface area contributed by atoms with Crippen molar-refractivity contribution in [2.45, 2.75) is 25.0 Å². The molecule has 2 rings (SSSR count). The predicted octanol–water partition coefficient (Wildman–Crippen LogP) is 3.14. The van der Waals surface area contributed by atoms with Gasteiger partial charge in [0.2, 0.25) is 0 Å². The lowest BCUT2D eigenvalue weighted by molar-refractivity contribution is 0.101. The minimum absolute atomic E-state index is 0.0328. The first-order chi connectivity index (χ1) is 11.9. The van der Waals surface area contributed by atoms with E-state index in [0.717, 1.165) is 0 Å². The summed E-state index contributed by atoms with van der Waals surface area (Å²) in [6.45, 7) is 3.16. The molecule has 25 heavy (non-hydrogen) atoms. The molecule has 1 heterocycles. The molecular formula is C18H17FN2O3S. The third-order valence-corrected chi connectivity index (χ3v) is 4.48. The van der Waals surface area contributed by atoms with Gasteiger partial charge in [-0.3, -0.25) is 4.79 Å². The molecule has 1 N–H and O–H groups in total. The van der Waals surface area contributed by atoms with Gasteiger partial charge in [-0.2, -0.15) is 5.26 Å². The molecule has 0 amide bonds. The summed E-state index contributed by atoms with van der Waals surface area (Å²) in [6.07, 6.45) is -0.795. The molecule has 0 saturated carbocycles. The Morgan fingerprint density at radius 2 is 2.12 bits per heavy atom. The van der Waals surface area contributed by atoms with Crippen molar-refractivity contribution in [1.82, 2.24) is 4.98 Å².